The molecule has 0 aromatic rings. The fourth-order valence-corrected chi connectivity index (χ4v) is 3.79. The Morgan fingerprint density at radius 1 is 0.467 bits per heavy atom. The number of hydrogen-bond acceptors (Lipinski definition) is 1. The molecule has 0 atom stereocenters. The summed E-state index contributed by atoms with van der Waals surface area (Å²) in [4.78, 5) is 11.8. The molecule has 180 valence electrons. The normalized spacial score (nSPS) is 12.2. The van der Waals surface area contributed by atoms with Gasteiger partial charge in [0.05, 0.1) is 0 Å². The standard InChI is InChI=1S/C27H56N2O/c1-26(2,3)21-17-13-9-7-11-15-19-23-28-25(30)29-24-20-16-12-8-10-14-18-22-27(4,5)6/h7-24H2,1-6H3,(H2,28,29,30). The molecule has 30 heavy (non-hydrogen) atoms. The molecule has 0 aliphatic rings. The zero-order chi connectivity index (χ0) is 22.7. The highest BCUT2D eigenvalue weighted by atomic mass is 16.2. The van der Waals surface area contributed by atoms with Gasteiger partial charge in [0.25, 0.3) is 0 Å². The van der Waals surface area contributed by atoms with Gasteiger partial charge in [0.1, 0.15) is 0 Å². The van der Waals surface area contributed by atoms with Crippen molar-refractivity contribution < 1.29 is 4.79 Å². The first kappa shape index (κ1) is 29.3. The van der Waals surface area contributed by atoms with E-state index in [1.54, 1.807) is 0 Å². The third-order valence-electron chi connectivity index (χ3n) is 5.78. The van der Waals surface area contributed by atoms with Crippen molar-refractivity contribution in [1.29, 1.82) is 0 Å². The topological polar surface area (TPSA) is 41.1 Å². The van der Waals surface area contributed by atoms with Gasteiger partial charge in [-0.2, -0.15) is 0 Å². The molecule has 2 N–H and O–H groups in total. The van der Waals surface area contributed by atoms with Gasteiger partial charge in [-0.15, -0.1) is 0 Å². The third kappa shape index (κ3) is 25.3. The molecule has 0 aromatic carbocycles. The van der Waals surface area contributed by atoms with Crippen molar-refractivity contribution in [3.8, 4) is 0 Å². The van der Waals surface area contributed by atoms with E-state index in [4.69, 9.17) is 0 Å². The van der Waals surface area contributed by atoms with E-state index in [2.05, 4.69) is 52.2 Å². The molecule has 0 bridgehead atoms. The molecule has 2 amide bonds. The van der Waals surface area contributed by atoms with Gasteiger partial charge in [-0.05, 0) is 36.5 Å². The molecule has 3 heteroatoms. The summed E-state index contributed by atoms with van der Waals surface area (Å²) in [6, 6.07) is 0.0133. The highest BCUT2D eigenvalue weighted by Crippen LogP contribution is 2.23. The van der Waals surface area contributed by atoms with Crippen LogP contribution >= 0.6 is 0 Å². The Morgan fingerprint density at radius 2 is 0.733 bits per heavy atom. The predicted octanol–water partition coefficient (Wildman–Crippen LogP) is 8.62. The first-order valence-corrected chi connectivity index (χ1v) is 13.1. The van der Waals surface area contributed by atoms with Crippen LogP contribution in [0.1, 0.15) is 144 Å². The van der Waals surface area contributed by atoms with E-state index in [-0.39, 0.29) is 6.03 Å². The molecule has 0 aliphatic carbocycles. The maximum absolute atomic E-state index is 11.8. The summed E-state index contributed by atoms with van der Waals surface area (Å²) >= 11 is 0. The van der Waals surface area contributed by atoms with Crippen molar-refractivity contribution >= 4 is 6.03 Å². The van der Waals surface area contributed by atoms with Crippen LogP contribution in [0.5, 0.6) is 0 Å². The summed E-state index contributed by atoms with van der Waals surface area (Å²) in [6.45, 7) is 15.6. The number of hydrogen-bond donors (Lipinski definition) is 2. The van der Waals surface area contributed by atoms with Crippen molar-refractivity contribution in [2.24, 2.45) is 10.8 Å². The van der Waals surface area contributed by atoms with Crippen LogP contribution < -0.4 is 10.6 Å². The second kappa shape index (κ2) is 17.9. The van der Waals surface area contributed by atoms with Crippen LogP contribution in [0.4, 0.5) is 4.79 Å². The molecular weight excluding hydrogens is 368 g/mol. The van der Waals surface area contributed by atoms with Crippen LogP contribution in [-0.4, -0.2) is 19.1 Å². The average Bonchev–Trinajstić information content (AvgIpc) is 2.63. The van der Waals surface area contributed by atoms with Crippen LogP contribution in [0.25, 0.3) is 0 Å². The Kier molecular flexibility index (Phi) is 17.5. The lowest BCUT2D eigenvalue weighted by Crippen LogP contribution is -2.36. The van der Waals surface area contributed by atoms with Crippen LogP contribution in [0.2, 0.25) is 0 Å². The van der Waals surface area contributed by atoms with E-state index >= 15 is 0 Å². The van der Waals surface area contributed by atoms with Crippen LogP contribution in [-0.2, 0) is 0 Å². The monoisotopic (exact) mass is 424 g/mol. The Hall–Kier alpha value is -0.730. The Balaban J connectivity index is 3.24. The number of urea groups is 1. The van der Waals surface area contributed by atoms with Crippen LogP contribution in [0.15, 0.2) is 0 Å². The minimum Gasteiger partial charge on any atom is -0.338 e. The Morgan fingerprint density at radius 3 is 1.03 bits per heavy atom. The van der Waals surface area contributed by atoms with Gasteiger partial charge in [0.2, 0.25) is 0 Å². The van der Waals surface area contributed by atoms with E-state index in [1.807, 2.05) is 0 Å². The van der Waals surface area contributed by atoms with E-state index in [0.717, 1.165) is 25.9 Å². The predicted molar refractivity (Wildman–Crippen MR) is 134 cm³/mol. The van der Waals surface area contributed by atoms with E-state index in [0.29, 0.717) is 10.8 Å². The molecule has 0 aromatic heterocycles. The summed E-state index contributed by atoms with van der Waals surface area (Å²) in [5.41, 5.74) is 0.968. The molecule has 3 nitrogen and oxygen atoms in total. The van der Waals surface area contributed by atoms with Gasteiger partial charge in [-0.3, -0.25) is 0 Å². The lowest BCUT2D eigenvalue weighted by molar-refractivity contribution is 0.240. The van der Waals surface area contributed by atoms with Crippen LogP contribution in [0, 0.1) is 10.8 Å². The van der Waals surface area contributed by atoms with Gasteiger partial charge in [0.15, 0.2) is 0 Å². The van der Waals surface area contributed by atoms with Crippen molar-refractivity contribution in [2.45, 2.75) is 144 Å². The van der Waals surface area contributed by atoms with Gasteiger partial charge in [0, 0.05) is 13.1 Å². The molecule has 0 fully saturated rings. The summed E-state index contributed by atoms with van der Waals surface area (Å²) < 4.78 is 0. The summed E-state index contributed by atoms with van der Waals surface area (Å²) in [7, 11) is 0. The lowest BCUT2D eigenvalue weighted by Gasteiger charge is -2.17. The van der Waals surface area contributed by atoms with Crippen molar-refractivity contribution in [3.05, 3.63) is 0 Å². The molecule has 0 radical (unpaired) electrons. The maximum atomic E-state index is 11.8. The highest BCUT2D eigenvalue weighted by Gasteiger charge is 2.09. The van der Waals surface area contributed by atoms with E-state index < -0.39 is 0 Å². The second-order valence-electron chi connectivity index (χ2n) is 11.8. The van der Waals surface area contributed by atoms with Gasteiger partial charge in [-0.1, -0.05) is 119 Å². The molecule has 0 aliphatic heterocycles. The molecule has 0 saturated heterocycles. The largest absolute Gasteiger partial charge is 0.338 e. The smallest absolute Gasteiger partial charge is 0.314 e. The molecule has 0 rings (SSSR count). The van der Waals surface area contributed by atoms with Gasteiger partial charge in [-0.25, -0.2) is 4.79 Å². The molecular formula is C27H56N2O. The zero-order valence-electron chi connectivity index (χ0n) is 21.6. The first-order valence-electron chi connectivity index (χ1n) is 13.1. The number of rotatable bonds is 18. The quantitative estimate of drug-likeness (QED) is 0.212. The minimum atomic E-state index is 0.0133. The van der Waals surface area contributed by atoms with E-state index in [1.165, 1.54) is 89.9 Å². The molecule has 0 heterocycles. The number of amides is 2. The molecule has 0 spiro atoms. The minimum absolute atomic E-state index is 0.0133. The summed E-state index contributed by atoms with van der Waals surface area (Å²) in [6.07, 6.45) is 20.8. The summed E-state index contributed by atoms with van der Waals surface area (Å²) in [5.74, 6) is 0. The fraction of sp³-hybridized carbons (Fsp3) is 0.963. The Bertz CT molecular complexity index is 357. The average molecular weight is 425 g/mol. The lowest BCUT2D eigenvalue weighted by atomic mass is 9.89. The number of nitrogens with one attached hydrogen (secondary N) is 2. The SMILES string of the molecule is CC(C)(C)CCCCCCCCCNC(=O)NCCCCCCCCCC(C)(C)C. The fourth-order valence-electron chi connectivity index (χ4n) is 3.79. The second-order valence-corrected chi connectivity index (χ2v) is 11.8. The number of carbonyl (C=O) groups excluding carboxylic acids is 1. The third-order valence-corrected chi connectivity index (χ3v) is 5.78. The van der Waals surface area contributed by atoms with Crippen molar-refractivity contribution in [3.63, 3.8) is 0 Å². The van der Waals surface area contributed by atoms with Gasteiger partial charge >= 0.3 is 6.03 Å². The van der Waals surface area contributed by atoms with Crippen LogP contribution in [0.3, 0.4) is 0 Å². The van der Waals surface area contributed by atoms with Gasteiger partial charge < -0.3 is 10.6 Å². The number of carbonyl (C=O) groups is 1. The first-order chi connectivity index (χ1) is 14.1. The van der Waals surface area contributed by atoms with Crippen molar-refractivity contribution in [1.82, 2.24) is 10.6 Å². The maximum Gasteiger partial charge on any atom is 0.314 e. The zero-order valence-corrected chi connectivity index (χ0v) is 21.6. The summed E-state index contributed by atoms with van der Waals surface area (Å²) in [5, 5.41) is 6.00. The molecule has 0 saturated carbocycles. The van der Waals surface area contributed by atoms with Crippen molar-refractivity contribution in [2.75, 3.05) is 13.1 Å². The molecule has 0 unspecified atom stereocenters. The number of unbranched alkanes of at least 4 members (excludes halogenated alkanes) is 12. The van der Waals surface area contributed by atoms with E-state index in [9.17, 15) is 4.79 Å². The Labute approximate surface area is 189 Å². The highest BCUT2D eigenvalue weighted by molar-refractivity contribution is 5.73.